The second-order valence-corrected chi connectivity index (χ2v) is 5.23. The zero-order chi connectivity index (χ0) is 16.9. The van der Waals surface area contributed by atoms with Gasteiger partial charge in [0.15, 0.2) is 11.5 Å². The summed E-state index contributed by atoms with van der Waals surface area (Å²) in [5.74, 6) is 0.785. The summed E-state index contributed by atoms with van der Waals surface area (Å²) >= 11 is 0. The van der Waals surface area contributed by atoms with Gasteiger partial charge < -0.3 is 9.47 Å². The molecule has 1 atom stereocenters. The molecule has 6 nitrogen and oxygen atoms in total. The van der Waals surface area contributed by atoms with Gasteiger partial charge in [0.25, 0.3) is 5.91 Å². The maximum atomic E-state index is 12.2. The third-order valence-electron chi connectivity index (χ3n) is 3.57. The molecule has 0 radical (unpaired) electrons. The van der Waals surface area contributed by atoms with Crippen LogP contribution in [0.4, 0.5) is 0 Å². The van der Waals surface area contributed by atoms with E-state index < -0.39 is 6.10 Å². The van der Waals surface area contributed by atoms with E-state index in [2.05, 4.69) is 16.6 Å². The van der Waals surface area contributed by atoms with Crippen LogP contribution in [0.15, 0.2) is 53.6 Å². The molecule has 6 heteroatoms. The quantitative estimate of drug-likeness (QED) is 0.694. The summed E-state index contributed by atoms with van der Waals surface area (Å²) in [6.45, 7) is 1.91. The van der Waals surface area contributed by atoms with Gasteiger partial charge in [0, 0.05) is 0 Å². The highest BCUT2D eigenvalue weighted by Crippen LogP contribution is 2.30. The number of nitriles is 1. The molecular weight excluding hydrogens is 306 g/mol. The molecule has 3 rings (SSSR count). The number of hydrogen-bond donors (Lipinski definition) is 1. The lowest BCUT2D eigenvalue weighted by atomic mass is 10.1. The summed E-state index contributed by atoms with van der Waals surface area (Å²) < 4.78 is 11.1. The lowest BCUT2D eigenvalue weighted by Crippen LogP contribution is -2.42. The van der Waals surface area contributed by atoms with Crippen LogP contribution in [0.2, 0.25) is 0 Å². The van der Waals surface area contributed by atoms with Gasteiger partial charge in [-0.2, -0.15) is 10.4 Å². The monoisotopic (exact) mass is 321 g/mol. The van der Waals surface area contributed by atoms with E-state index >= 15 is 0 Å². The minimum Gasteiger partial charge on any atom is -0.485 e. The van der Waals surface area contributed by atoms with Crippen LogP contribution >= 0.6 is 0 Å². The molecule has 1 N–H and O–H groups in total. The SMILES string of the molecule is C/C(=N\NC(=O)C1COc2ccccc2O1)c1ccc(C#N)cc1. The van der Waals surface area contributed by atoms with Crippen molar-refractivity contribution >= 4 is 11.6 Å². The van der Waals surface area contributed by atoms with Gasteiger partial charge in [-0.25, -0.2) is 5.43 Å². The van der Waals surface area contributed by atoms with Crippen LogP contribution in [-0.2, 0) is 4.79 Å². The predicted molar refractivity (Wildman–Crippen MR) is 87.9 cm³/mol. The number of nitrogens with one attached hydrogen (secondary N) is 1. The number of carbonyl (C=O) groups excluding carboxylic acids is 1. The molecule has 0 spiro atoms. The van der Waals surface area contributed by atoms with E-state index in [0.29, 0.717) is 22.8 Å². The highest BCUT2D eigenvalue weighted by atomic mass is 16.6. The number of amides is 1. The Morgan fingerprint density at radius 2 is 1.92 bits per heavy atom. The summed E-state index contributed by atoms with van der Waals surface area (Å²) in [6.07, 6.45) is -0.752. The number of benzene rings is 2. The van der Waals surface area contributed by atoms with Crippen LogP contribution in [0.5, 0.6) is 11.5 Å². The van der Waals surface area contributed by atoms with E-state index in [-0.39, 0.29) is 12.5 Å². The number of para-hydroxylation sites is 2. The smallest absolute Gasteiger partial charge is 0.284 e. The Morgan fingerprint density at radius 3 is 2.62 bits per heavy atom. The molecule has 0 saturated carbocycles. The van der Waals surface area contributed by atoms with Crippen molar-refractivity contribution in [2.45, 2.75) is 13.0 Å². The molecule has 0 fully saturated rings. The van der Waals surface area contributed by atoms with Gasteiger partial charge in [-0.15, -0.1) is 0 Å². The van der Waals surface area contributed by atoms with Crippen molar-refractivity contribution in [1.29, 1.82) is 5.26 Å². The molecule has 1 amide bonds. The molecule has 1 aliphatic heterocycles. The van der Waals surface area contributed by atoms with Gasteiger partial charge in [-0.1, -0.05) is 24.3 Å². The normalized spacial score (nSPS) is 16.2. The number of hydrazone groups is 1. The largest absolute Gasteiger partial charge is 0.485 e. The van der Waals surface area contributed by atoms with E-state index in [9.17, 15) is 4.79 Å². The standard InChI is InChI=1S/C18H15N3O3/c1-12(14-8-6-13(10-19)7-9-14)20-21-18(22)17-11-23-15-4-2-3-5-16(15)24-17/h2-9,17H,11H2,1H3,(H,21,22)/b20-12+. The van der Waals surface area contributed by atoms with Crippen molar-refractivity contribution in [2.24, 2.45) is 5.10 Å². The van der Waals surface area contributed by atoms with Gasteiger partial charge in [-0.05, 0) is 36.8 Å². The van der Waals surface area contributed by atoms with Crippen LogP contribution in [0, 0.1) is 11.3 Å². The summed E-state index contributed by atoms with van der Waals surface area (Å²) in [7, 11) is 0. The van der Waals surface area contributed by atoms with Gasteiger partial charge >= 0.3 is 0 Å². The van der Waals surface area contributed by atoms with Crippen molar-refractivity contribution in [2.75, 3.05) is 6.61 Å². The van der Waals surface area contributed by atoms with E-state index in [4.69, 9.17) is 14.7 Å². The first-order valence-electron chi connectivity index (χ1n) is 7.40. The molecule has 1 aliphatic rings. The number of carbonyl (C=O) groups is 1. The van der Waals surface area contributed by atoms with Crippen molar-refractivity contribution in [3.8, 4) is 17.6 Å². The van der Waals surface area contributed by atoms with Gasteiger partial charge in [0.2, 0.25) is 6.10 Å². The first kappa shape index (κ1) is 15.6. The molecule has 0 bridgehead atoms. The van der Waals surface area contributed by atoms with Crippen LogP contribution in [0.3, 0.4) is 0 Å². The molecule has 0 saturated heterocycles. The first-order chi connectivity index (χ1) is 11.7. The van der Waals surface area contributed by atoms with Crippen LogP contribution < -0.4 is 14.9 Å². The summed E-state index contributed by atoms with van der Waals surface area (Å²) in [4.78, 5) is 12.2. The Hall–Kier alpha value is -3.33. The number of hydrogen-bond acceptors (Lipinski definition) is 5. The maximum absolute atomic E-state index is 12.2. The molecule has 120 valence electrons. The van der Waals surface area contributed by atoms with Crippen LogP contribution in [-0.4, -0.2) is 24.3 Å². The van der Waals surface area contributed by atoms with Gasteiger partial charge in [0.05, 0.1) is 17.3 Å². The molecule has 2 aromatic carbocycles. The Labute approximate surface area is 139 Å². The zero-order valence-electron chi connectivity index (χ0n) is 13.0. The van der Waals surface area contributed by atoms with E-state index in [1.807, 2.05) is 12.1 Å². The summed E-state index contributed by atoms with van der Waals surface area (Å²) in [6, 6.07) is 16.2. The van der Waals surface area contributed by atoms with E-state index in [1.165, 1.54) is 0 Å². The van der Waals surface area contributed by atoms with Crippen LogP contribution in [0.1, 0.15) is 18.1 Å². The second kappa shape index (κ2) is 6.84. The minimum atomic E-state index is -0.752. The fraction of sp³-hybridized carbons (Fsp3) is 0.167. The second-order valence-electron chi connectivity index (χ2n) is 5.23. The topological polar surface area (TPSA) is 83.7 Å². The maximum Gasteiger partial charge on any atom is 0.284 e. The average molecular weight is 321 g/mol. The molecule has 24 heavy (non-hydrogen) atoms. The fourth-order valence-corrected chi connectivity index (χ4v) is 2.21. The number of rotatable bonds is 3. The Bertz CT molecular complexity index is 822. The fourth-order valence-electron chi connectivity index (χ4n) is 2.21. The Balaban J connectivity index is 1.63. The third-order valence-corrected chi connectivity index (χ3v) is 3.57. The van der Waals surface area contributed by atoms with E-state index in [1.54, 1.807) is 43.3 Å². The van der Waals surface area contributed by atoms with Crippen LogP contribution in [0.25, 0.3) is 0 Å². The third kappa shape index (κ3) is 3.36. The van der Waals surface area contributed by atoms with Crippen molar-refractivity contribution in [3.63, 3.8) is 0 Å². The predicted octanol–water partition coefficient (Wildman–Crippen LogP) is 2.24. The number of nitrogens with zero attached hydrogens (tertiary/aromatic N) is 2. The lowest BCUT2D eigenvalue weighted by molar-refractivity contribution is -0.130. The number of ether oxygens (including phenoxy) is 2. The number of fused-ring (bicyclic) bond motifs is 1. The molecule has 2 aromatic rings. The van der Waals surface area contributed by atoms with Gasteiger partial charge in [0.1, 0.15) is 6.61 Å². The Morgan fingerprint density at radius 1 is 1.21 bits per heavy atom. The zero-order valence-corrected chi connectivity index (χ0v) is 13.0. The first-order valence-corrected chi connectivity index (χ1v) is 7.40. The highest BCUT2D eigenvalue weighted by Gasteiger charge is 2.27. The molecule has 0 aliphatic carbocycles. The van der Waals surface area contributed by atoms with Gasteiger partial charge in [-0.3, -0.25) is 4.79 Å². The van der Waals surface area contributed by atoms with Crippen molar-refractivity contribution in [1.82, 2.24) is 5.43 Å². The average Bonchev–Trinajstić information content (AvgIpc) is 2.65. The summed E-state index contributed by atoms with van der Waals surface area (Å²) in [5.41, 5.74) is 4.51. The van der Waals surface area contributed by atoms with Crippen molar-refractivity contribution in [3.05, 3.63) is 59.7 Å². The Kier molecular flexibility index (Phi) is 4.43. The lowest BCUT2D eigenvalue weighted by Gasteiger charge is -2.24. The minimum absolute atomic E-state index is 0.133. The molecular formula is C18H15N3O3. The van der Waals surface area contributed by atoms with Crippen molar-refractivity contribution < 1.29 is 14.3 Å². The van der Waals surface area contributed by atoms with E-state index in [0.717, 1.165) is 5.56 Å². The highest BCUT2D eigenvalue weighted by molar-refractivity contribution is 5.99. The molecule has 1 heterocycles. The molecule has 0 aromatic heterocycles. The molecule has 1 unspecified atom stereocenters. The summed E-state index contributed by atoms with van der Waals surface area (Å²) in [5, 5.41) is 12.9.